The SMILES string of the molecule is NS(=O)(=O)c1cc(C(F)F)c([N+](=O)[O-])c(F)n1. The molecule has 1 aromatic rings. The van der Waals surface area contributed by atoms with Crippen LogP contribution in [0.15, 0.2) is 11.1 Å². The van der Waals surface area contributed by atoms with Crippen LogP contribution in [0.1, 0.15) is 12.0 Å². The first kappa shape index (κ1) is 13.3. The van der Waals surface area contributed by atoms with Gasteiger partial charge < -0.3 is 0 Å². The largest absolute Gasteiger partial charge is 0.332 e. The second-order valence-electron chi connectivity index (χ2n) is 2.79. The van der Waals surface area contributed by atoms with E-state index in [1.165, 1.54) is 0 Å². The topological polar surface area (TPSA) is 116 Å². The Hall–Kier alpha value is -1.75. The van der Waals surface area contributed by atoms with Crippen LogP contribution >= 0.6 is 0 Å². The summed E-state index contributed by atoms with van der Waals surface area (Å²) in [4.78, 5) is 11.6. The fraction of sp³-hybridized carbons (Fsp3) is 0.167. The van der Waals surface area contributed by atoms with Gasteiger partial charge in [0.25, 0.3) is 22.4 Å². The van der Waals surface area contributed by atoms with Crippen molar-refractivity contribution in [2.24, 2.45) is 5.14 Å². The summed E-state index contributed by atoms with van der Waals surface area (Å²) in [6.45, 7) is 0. The van der Waals surface area contributed by atoms with Gasteiger partial charge in [0.2, 0.25) is 0 Å². The van der Waals surface area contributed by atoms with Crippen molar-refractivity contribution < 1.29 is 26.5 Å². The zero-order chi connectivity index (χ0) is 13.4. The minimum atomic E-state index is -4.53. The second-order valence-corrected chi connectivity index (χ2v) is 4.30. The van der Waals surface area contributed by atoms with E-state index in [-0.39, 0.29) is 6.07 Å². The molecule has 17 heavy (non-hydrogen) atoms. The van der Waals surface area contributed by atoms with Gasteiger partial charge in [0.1, 0.15) is 5.56 Å². The van der Waals surface area contributed by atoms with Gasteiger partial charge in [0, 0.05) is 0 Å². The van der Waals surface area contributed by atoms with Crippen molar-refractivity contribution in [2.75, 3.05) is 0 Å². The van der Waals surface area contributed by atoms with Gasteiger partial charge in [-0.15, -0.1) is 0 Å². The lowest BCUT2D eigenvalue weighted by Crippen LogP contribution is -2.16. The van der Waals surface area contributed by atoms with Crippen molar-refractivity contribution in [3.8, 4) is 0 Å². The smallest absolute Gasteiger partial charge is 0.258 e. The van der Waals surface area contributed by atoms with E-state index >= 15 is 0 Å². The number of aromatic nitrogens is 1. The normalized spacial score (nSPS) is 11.8. The zero-order valence-corrected chi connectivity index (χ0v) is 8.62. The van der Waals surface area contributed by atoms with E-state index in [1.54, 1.807) is 0 Å². The summed E-state index contributed by atoms with van der Waals surface area (Å²) < 4.78 is 59.4. The van der Waals surface area contributed by atoms with Crippen LogP contribution in [0.3, 0.4) is 0 Å². The average Bonchev–Trinajstić information content (AvgIpc) is 2.13. The number of rotatable bonds is 3. The van der Waals surface area contributed by atoms with Crippen LogP contribution in [-0.2, 0) is 10.0 Å². The average molecular weight is 271 g/mol. The third-order valence-corrected chi connectivity index (χ3v) is 2.46. The summed E-state index contributed by atoms with van der Waals surface area (Å²) in [6, 6.07) is 0.168. The molecule has 0 spiro atoms. The number of nitrogens with two attached hydrogens (primary N) is 1. The summed E-state index contributed by atoms with van der Waals surface area (Å²) in [5.74, 6) is -1.93. The third kappa shape index (κ3) is 2.68. The molecule has 2 N–H and O–H groups in total. The summed E-state index contributed by atoms with van der Waals surface area (Å²) in [5, 5.41) is 13.7. The Morgan fingerprint density at radius 1 is 1.47 bits per heavy atom. The van der Waals surface area contributed by atoms with Gasteiger partial charge in [0.05, 0.1) is 4.92 Å². The highest BCUT2D eigenvalue weighted by Gasteiger charge is 2.30. The van der Waals surface area contributed by atoms with Crippen molar-refractivity contribution >= 4 is 15.7 Å². The highest BCUT2D eigenvalue weighted by atomic mass is 32.2. The maximum absolute atomic E-state index is 13.0. The Bertz CT molecular complexity index is 574. The molecule has 1 rings (SSSR count). The monoisotopic (exact) mass is 271 g/mol. The summed E-state index contributed by atoms with van der Waals surface area (Å²) in [7, 11) is -4.53. The van der Waals surface area contributed by atoms with Gasteiger partial charge in [-0.2, -0.15) is 4.39 Å². The molecular weight excluding hydrogens is 267 g/mol. The Morgan fingerprint density at radius 2 is 2.00 bits per heavy atom. The Balaban J connectivity index is 3.64. The van der Waals surface area contributed by atoms with E-state index in [4.69, 9.17) is 0 Å². The number of pyridine rings is 1. The number of hydrogen-bond acceptors (Lipinski definition) is 5. The Kier molecular flexibility index (Phi) is 3.33. The van der Waals surface area contributed by atoms with E-state index in [0.29, 0.717) is 0 Å². The van der Waals surface area contributed by atoms with Crippen LogP contribution in [0.5, 0.6) is 0 Å². The molecule has 0 fully saturated rings. The van der Waals surface area contributed by atoms with Crippen LogP contribution < -0.4 is 5.14 Å². The lowest BCUT2D eigenvalue weighted by Gasteiger charge is -2.04. The van der Waals surface area contributed by atoms with Gasteiger partial charge in [-0.05, 0) is 6.07 Å². The van der Waals surface area contributed by atoms with Crippen molar-refractivity contribution in [3.05, 3.63) is 27.7 Å². The predicted molar refractivity (Wildman–Crippen MR) is 47.2 cm³/mol. The highest BCUT2D eigenvalue weighted by Crippen LogP contribution is 2.31. The fourth-order valence-electron chi connectivity index (χ4n) is 0.995. The molecular formula is C6H4F3N3O4S. The van der Waals surface area contributed by atoms with Crippen molar-refractivity contribution in [2.45, 2.75) is 11.5 Å². The lowest BCUT2D eigenvalue weighted by atomic mass is 10.2. The summed E-state index contributed by atoms with van der Waals surface area (Å²) >= 11 is 0. The molecule has 0 saturated carbocycles. The van der Waals surface area contributed by atoms with Crippen molar-refractivity contribution in [3.63, 3.8) is 0 Å². The summed E-state index contributed by atoms with van der Waals surface area (Å²) in [6.07, 6.45) is -3.44. The molecule has 0 aliphatic rings. The number of hydrogen-bond donors (Lipinski definition) is 1. The molecule has 94 valence electrons. The molecule has 11 heteroatoms. The molecule has 1 aromatic heterocycles. The zero-order valence-electron chi connectivity index (χ0n) is 7.80. The van der Waals surface area contributed by atoms with Crippen molar-refractivity contribution in [1.82, 2.24) is 4.98 Å². The summed E-state index contributed by atoms with van der Waals surface area (Å²) in [5.41, 5.74) is -2.97. The number of sulfonamides is 1. The van der Waals surface area contributed by atoms with E-state index in [9.17, 15) is 31.7 Å². The minimum Gasteiger partial charge on any atom is -0.258 e. The van der Waals surface area contributed by atoms with E-state index in [0.717, 1.165) is 0 Å². The number of halogens is 3. The number of alkyl halides is 2. The second kappa shape index (κ2) is 4.25. The first-order valence-electron chi connectivity index (χ1n) is 3.80. The van der Waals surface area contributed by atoms with Gasteiger partial charge in [-0.25, -0.2) is 27.3 Å². The maximum Gasteiger partial charge on any atom is 0.332 e. The first-order valence-corrected chi connectivity index (χ1v) is 5.35. The van der Waals surface area contributed by atoms with Gasteiger partial charge in [-0.3, -0.25) is 10.1 Å². The molecule has 0 amide bonds. The van der Waals surface area contributed by atoms with E-state index in [2.05, 4.69) is 10.1 Å². The van der Waals surface area contributed by atoms with E-state index in [1.807, 2.05) is 0 Å². The third-order valence-electron chi connectivity index (χ3n) is 1.67. The number of primary sulfonamides is 1. The van der Waals surface area contributed by atoms with Gasteiger partial charge >= 0.3 is 5.69 Å². The maximum atomic E-state index is 13.0. The van der Waals surface area contributed by atoms with Crippen LogP contribution in [-0.4, -0.2) is 18.3 Å². The Labute approximate surface area is 92.3 Å². The molecule has 0 atom stereocenters. The molecule has 0 aliphatic carbocycles. The van der Waals surface area contributed by atoms with Gasteiger partial charge in [0.15, 0.2) is 5.03 Å². The molecule has 0 bridgehead atoms. The predicted octanol–water partition coefficient (Wildman–Crippen LogP) is 0.714. The number of nitrogens with zero attached hydrogens (tertiary/aromatic N) is 2. The fourth-order valence-corrected chi connectivity index (χ4v) is 1.49. The standard InChI is InChI=1S/C6H4F3N3O4S/c7-5(8)2-1-3(17(10,15)16)11-6(9)4(2)12(13)14/h1,5H,(H2,10,15,16). The first-order chi connectivity index (χ1) is 7.64. The lowest BCUT2D eigenvalue weighted by molar-refractivity contribution is -0.389. The Morgan fingerprint density at radius 3 is 2.35 bits per heavy atom. The highest BCUT2D eigenvalue weighted by molar-refractivity contribution is 7.89. The van der Waals surface area contributed by atoms with Crippen molar-refractivity contribution in [1.29, 1.82) is 0 Å². The quantitative estimate of drug-likeness (QED) is 0.493. The molecule has 0 unspecified atom stereocenters. The molecule has 0 saturated heterocycles. The van der Waals surface area contributed by atoms with E-state index < -0.39 is 43.6 Å². The molecule has 7 nitrogen and oxygen atoms in total. The molecule has 1 heterocycles. The van der Waals surface area contributed by atoms with Crippen LogP contribution in [0, 0.1) is 16.1 Å². The van der Waals surface area contributed by atoms with Crippen LogP contribution in [0.25, 0.3) is 0 Å². The molecule has 0 radical (unpaired) electrons. The number of nitro groups is 1. The van der Waals surface area contributed by atoms with Crippen LogP contribution in [0.4, 0.5) is 18.9 Å². The van der Waals surface area contributed by atoms with Gasteiger partial charge in [-0.1, -0.05) is 0 Å². The minimum absolute atomic E-state index is 0.168. The molecule has 0 aromatic carbocycles. The molecule has 0 aliphatic heterocycles. The van der Waals surface area contributed by atoms with Crippen LogP contribution in [0.2, 0.25) is 0 Å².